The minimum atomic E-state index is 0.244. The summed E-state index contributed by atoms with van der Waals surface area (Å²) in [5.74, 6) is 0.487. The van der Waals surface area contributed by atoms with Gasteiger partial charge in [-0.2, -0.15) is 0 Å². The van der Waals surface area contributed by atoms with Gasteiger partial charge in [-0.05, 0) is 35.0 Å². The number of hydrogen-bond acceptors (Lipinski definition) is 5. The fourth-order valence-corrected chi connectivity index (χ4v) is 1.88. The first kappa shape index (κ1) is 14.1. The van der Waals surface area contributed by atoms with Crippen molar-refractivity contribution in [3.8, 4) is 11.5 Å². The van der Waals surface area contributed by atoms with Crippen LogP contribution in [0.1, 0.15) is 0 Å². The molecular formula is C16H18O5. The number of phenolic OH excluding ortho intramolecular Hbond substituents is 2. The average molecular weight is 290 g/mol. The Morgan fingerprint density at radius 1 is 0.857 bits per heavy atom. The maximum absolute atomic E-state index is 9.14. The molecule has 5 heteroatoms. The van der Waals surface area contributed by atoms with Crippen LogP contribution in [0, 0.1) is 0 Å². The first-order valence-corrected chi connectivity index (χ1v) is 6.93. The second-order valence-electron chi connectivity index (χ2n) is 5.16. The molecule has 0 aliphatic carbocycles. The Bertz CT molecular complexity index is 551. The van der Waals surface area contributed by atoms with Gasteiger partial charge in [-0.25, -0.2) is 0 Å². The van der Waals surface area contributed by atoms with Crippen molar-refractivity contribution in [3.63, 3.8) is 0 Å². The second kappa shape index (κ2) is 6.30. The normalized spacial score (nSPS) is 22.5. The van der Waals surface area contributed by atoms with E-state index in [1.54, 1.807) is 36.4 Å². The first-order valence-electron chi connectivity index (χ1n) is 6.93. The second-order valence-corrected chi connectivity index (χ2v) is 5.16. The van der Waals surface area contributed by atoms with Gasteiger partial charge in [-0.3, -0.25) is 0 Å². The lowest BCUT2D eigenvalue weighted by Crippen LogP contribution is -2.06. The van der Waals surface area contributed by atoms with E-state index in [0.717, 1.165) is 37.2 Å². The van der Waals surface area contributed by atoms with E-state index in [0.29, 0.717) is 12.2 Å². The molecule has 2 N–H and O–H groups in total. The minimum absolute atomic E-state index is 0.244. The maximum atomic E-state index is 9.14. The smallest absolute Gasteiger partial charge is 0.116 e. The lowest BCUT2D eigenvalue weighted by atomic mass is 10.1. The van der Waals surface area contributed by atoms with Gasteiger partial charge in [-0.1, -0.05) is 12.1 Å². The number of phenols is 2. The Hall–Kier alpha value is -1.82. The molecule has 21 heavy (non-hydrogen) atoms. The Morgan fingerprint density at radius 3 is 1.67 bits per heavy atom. The van der Waals surface area contributed by atoms with Crippen LogP contribution in [0.3, 0.4) is 0 Å². The van der Waals surface area contributed by atoms with Gasteiger partial charge >= 0.3 is 0 Å². The van der Waals surface area contributed by atoms with Crippen molar-refractivity contribution in [2.75, 3.05) is 26.4 Å². The fourth-order valence-electron chi connectivity index (χ4n) is 1.88. The van der Waals surface area contributed by atoms with Crippen LogP contribution in [0.15, 0.2) is 36.4 Å². The fraction of sp³-hybridized carbons (Fsp3) is 0.375. The Kier molecular flexibility index (Phi) is 4.24. The lowest BCUT2D eigenvalue weighted by molar-refractivity contribution is 0.102. The van der Waals surface area contributed by atoms with E-state index in [1.807, 2.05) is 0 Å². The molecule has 2 aliphatic rings. The quantitative estimate of drug-likeness (QED) is 0.843. The SMILES string of the molecule is C(OCC1CO1)C1CO1.Oc1ccc2cc(O)ccc2c1. The standard InChI is InChI=1S/C10H8O2.C6H10O3/c11-9-3-1-7-5-10(12)4-2-8(7)6-9;1(5-3-8-5)7-2-6-4-9-6/h1-6,11-12H;5-6H,1-4H2. The molecule has 2 saturated heterocycles. The van der Waals surface area contributed by atoms with Crippen molar-refractivity contribution >= 4 is 10.8 Å². The average Bonchev–Trinajstić information content (AvgIpc) is 3.34. The summed E-state index contributed by atoms with van der Waals surface area (Å²) in [7, 11) is 0. The molecule has 2 aliphatic heterocycles. The number of ether oxygens (including phenoxy) is 3. The van der Waals surface area contributed by atoms with E-state index >= 15 is 0 Å². The number of aromatic hydroxyl groups is 2. The monoisotopic (exact) mass is 290 g/mol. The molecule has 0 amide bonds. The molecule has 0 saturated carbocycles. The first-order chi connectivity index (χ1) is 10.2. The zero-order chi connectivity index (χ0) is 14.7. The van der Waals surface area contributed by atoms with Crippen molar-refractivity contribution in [1.29, 1.82) is 0 Å². The predicted octanol–water partition coefficient (Wildman–Crippen LogP) is 2.05. The molecular weight excluding hydrogens is 272 g/mol. The molecule has 2 aromatic rings. The summed E-state index contributed by atoms with van der Waals surface area (Å²) >= 11 is 0. The number of fused-ring (bicyclic) bond motifs is 1. The molecule has 0 aromatic heterocycles. The molecule has 2 fully saturated rings. The van der Waals surface area contributed by atoms with Crippen LogP contribution >= 0.6 is 0 Å². The summed E-state index contributed by atoms with van der Waals surface area (Å²) < 4.78 is 15.1. The Morgan fingerprint density at radius 2 is 1.29 bits per heavy atom. The van der Waals surface area contributed by atoms with Gasteiger partial charge in [0.1, 0.15) is 23.7 Å². The number of hydrogen-bond donors (Lipinski definition) is 2. The van der Waals surface area contributed by atoms with Crippen LogP contribution in [0.2, 0.25) is 0 Å². The third kappa shape index (κ3) is 4.60. The molecule has 4 rings (SSSR count). The van der Waals surface area contributed by atoms with Crippen molar-refractivity contribution in [3.05, 3.63) is 36.4 Å². The van der Waals surface area contributed by atoms with Crippen molar-refractivity contribution in [2.45, 2.75) is 12.2 Å². The molecule has 0 bridgehead atoms. The van der Waals surface area contributed by atoms with E-state index < -0.39 is 0 Å². The molecule has 5 nitrogen and oxygen atoms in total. The van der Waals surface area contributed by atoms with Gasteiger partial charge < -0.3 is 24.4 Å². The number of epoxide rings is 2. The van der Waals surface area contributed by atoms with Gasteiger partial charge in [0, 0.05) is 0 Å². The van der Waals surface area contributed by atoms with Crippen molar-refractivity contribution in [2.24, 2.45) is 0 Å². The van der Waals surface area contributed by atoms with Gasteiger partial charge in [-0.15, -0.1) is 0 Å². The van der Waals surface area contributed by atoms with Crippen molar-refractivity contribution in [1.82, 2.24) is 0 Å². The molecule has 112 valence electrons. The summed E-state index contributed by atoms with van der Waals surface area (Å²) in [6, 6.07) is 10.1. The van der Waals surface area contributed by atoms with Crippen LogP contribution < -0.4 is 0 Å². The largest absolute Gasteiger partial charge is 0.508 e. The molecule has 0 spiro atoms. The molecule has 2 atom stereocenters. The highest BCUT2D eigenvalue weighted by molar-refractivity contribution is 5.84. The summed E-state index contributed by atoms with van der Waals surface area (Å²) in [6.45, 7) is 3.26. The lowest BCUT2D eigenvalue weighted by Gasteiger charge is -1.98. The van der Waals surface area contributed by atoms with Crippen LogP contribution in [0.4, 0.5) is 0 Å². The molecule has 2 unspecified atom stereocenters. The third-order valence-electron chi connectivity index (χ3n) is 3.22. The summed E-state index contributed by atoms with van der Waals surface area (Å²) in [5.41, 5.74) is 0. The summed E-state index contributed by atoms with van der Waals surface area (Å²) in [5, 5.41) is 20.1. The van der Waals surface area contributed by atoms with Gasteiger partial charge in [0.15, 0.2) is 0 Å². The highest BCUT2D eigenvalue weighted by Gasteiger charge is 2.26. The molecule has 2 heterocycles. The van der Waals surface area contributed by atoms with Gasteiger partial charge in [0.25, 0.3) is 0 Å². The molecule has 0 radical (unpaired) electrons. The zero-order valence-electron chi connectivity index (χ0n) is 11.6. The minimum Gasteiger partial charge on any atom is -0.508 e. The van der Waals surface area contributed by atoms with E-state index in [2.05, 4.69) is 0 Å². The predicted molar refractivity (Wildman–Crippen MR) is 77.6 cm³/mol. The van der Waals surface area contributed by atoms with Crippen LogP contribution in [0.25, 0.3) is 10.8 Å². The molecule has 2 aromatic carbocycles. The highest BCUT2D eigenvalue weighted by atomic mass is 16.6. The topological polar surface area (TPSA) is 74.8 Å². The van der Waals surface area contributed by atoms with Crippen LogP contribution in [-0.4, -0.2) is 48.8 Å². The number of rotatable bonds is 4. The number of benzene rings is 2. The van der Waals surface area contributed by atoms with E-state index in [-0.39, 0.29) is 11.5 Å². The summed E-state index contributed by atoms with van der Waals surface area (Å²) in [4.78, 5) is 0. The van der Waals surface area contributed by atoms with E-state index in [4.69, 9.17) is 24.4 Å². The van der Waals surface area contributed by atoms with Crippen molar-refractivity contribution < 1.29 is 24.4 Å². The van der Waals surface area contributed by atoms with E-state index in [1.165, 1.54) is 0 Å². The van der Waals surface area contributed by atoms with Crippen LogP contribution in [0.5, 0.6) is 11.5 Å². The van der Waals surface area contributed by atoms with Crippen LogP contribution in [-0.2, 0) is 14.2 Å². The maximum Gasteiger partial charge on any atom is 0.116 e. The zero-order valence-corrected chi connectivity index (χ0v) is 11.6. The van der Waals surface area contributed by atoms with E-state index in [9.17, 15) is 0 Å². The third-order valence-corrected chi connectivity index (χ3v) is 3.22. The summed E-state index contributed by atoms with van der Waals surface area (Å²) in [6.07, 6.45) is 0.785. The van der Waals surface area contributed by atoms with Gasteiger partial charge in [0.05, 0.1) is 26.4 Å². The Labute approximate surface area is 122 Å². The Balaban J connectivity index is 0.000000131. The van der Waals surface area contributed by atoms with Gasteiger partial charge in [0.2, 0.25) is 0 Å². The highest BCUT2D eigenvalue weighted by Crippen LogP contribution is 2.23.